The van der Waals surface area contributed by atoms with Crippen LogP contribution in [0.15, 0.2) is 51.0 Å². The summed E-state index contributed by atoms with van der Waals surface area (Å²) in [6.45, 7) is 3.27. The van der Waals surface area contributed by atoms with E-state index in [0.29, 0.717) is 29.5 Å². The van der Waals surface area contributed by atoms with Gasteiger partial charge in [0, 0.05) is 12.7 Å². The van der Waals surface area contributed by atoms with Gasteiger partial charge >= 0.3 is 0 Å². The first kappa shape index (κ1) is 21.6. The highest BCUT2D eigenvalue weighted by atomic mass is 35.5. The molecule has 162 valence electrons. The zero-order valence-corrected chi connectivity index (χ0v) is 18.3. The van der Waals surface area contributed by atoms with Gasteiger partial charge in [-0.15, -0.1) is 4.47 Å². The van der Waals surface area contributed by atoms with E-state index in [-0.39, 0.29) is 28.9 Å². The van der Waals surface area contributed by atoms with Crippen LogP contribution in [-0.4, -0.2) is 27.7 Å². The monoisotopic (exact) mass is 460 g/mol. The molecule has 0 saturated carbocycles. The molecule has 10 heteroatoms. The predicted octanol–water partition coefficient (Wildman–Crippen LogP) is 3.99. The normalized spacial score (nSPS) is 15.3. The van der Waals surface area contributed by atoms with E-state index in [0.717, 1.165) is 12.1 Å². The number of aromatic nitrogens is 1. The van der Waals surface area contributed by atoms with Crippen molar-refractivity contribution in [1.29, 1.82) is 0 Å². The predicted molar refractivity (Wildman–Crippen MR) is 122 cm³/mol. The second-order valence-corrected chi connectivity index (χ2v) is 8.41. The number of nitrogens with one attached hydrogen (secondary N) is 2. The Hall–Kier alpha value is -2.59. The SMILES string of the molecule is CC[C@@H](Nc1c(Nc2ccc(Cl)c(SN3CCCO3)c2O)c(=O)c1=O)c1ccccn1. The van der Waals surface area contributed by atoms with E-state index in [9.17, 15) is 14.7 Å². The van der Waals surface area contributed by atoms with Gasteiger partial charge in [0.2, 0.25) is 0 Å². The molecule has 3 aromatic rings. The van der Waals surface area contributed by atoms with Crippen LogP contribution in [0.25, 0.3) is 0 Å². The number of phenolic OH excluding ortho intramolecular Hbond substituents is 1. The van der Waals surface area contributed by atoms with Gasteiger partial charge in [-0.1, -0.05) is 24.6 Å². The lowest BCUT2D eigenvalue weighted by molar-refractivity contribution is -0.0176. The van der Waals surface area contributed by atoms with Crippen LogP contribution in [0.4, 0.5) is 17.1 Å². The Morgan fingerprint density at radius 1 is 1.26 bits per heavy atom. The topological polar surface area (TPSA) is 104 Å². The highest BCUT2D eigenvalue weighted by molar-refractivity contribution is 7.97. The summed E-state index contributed by atoms with van der Waals surface area (Å²) in [6, 6.07) is 8.47. The van der Waals surface area contributed by atoms with E-state index in [1.807, 2.05) is 25.1 Å². The molecule has 1 aromatic heterocycles. The number of nitrogens with zero attached hydrogens (tertiary/aromatic N) is 2. The first-order valence-corrected chi connectivity index (χ1v) is 11.0. The molecule has 0 bridgehead atoms. The van der Waals surface area contributed by atoms with Crippen molar-refractivity contribution < 1.29 is 9.94 Å². The summed E-state index contributed by atoms with van der Waals surface area (Å²) < 4.78 is 1.65. The van der Waals surface area contributed by atoms with Crippen LogP contribution in [0.3, 0.4) is 0 Å². The number of hydrogen-bond donors (Lipinski definition) is 3. The Labute approximate surface area is 188 Å². The Balaban J connectivity index is 1.59. The van der Waals surface area contributed by atoms with Crippen LogP contribution >= 0.6 is 23.5 Å². The molecule has 1 saturated heterocycles. The second-order valence-electron chi connectivity index (χ2n) is 7.00. The summed E-state index contributed by atoms with van der Waals surface area (Å²) in [6.07, 6.45) is 3.23. The molecular weight excluding hydrogens is 440 g/mol. The molecule has 1 aliphatic rings. The molecule has 0 radical (unpaired) electrons. The van der Waals surface area contributed by atoms with E-state index in [1.54, 1.807) is 22.8 Å². The summed E-state index contributed by atoms with van der Waals surface area (Å²) in [5.41, 5.74) is 0.0595. The van der Waals surface area contributed by atoms with Crippen LogP contribution in [0.2, 0.25) is 5.02 Å². The molecule has 31 heavy (non-hydrogen) atoms. The van der Waals surface area contributed by atoms with Crippen LogP contribution < -0.4 is 21.5 Å². The van der Waals surface area contributed by atoms with Crippen LogP contribution in [0.5, 0.6) is 5.75 Å². The zero-order chi connectivity index (χ0) is 22.0. The Bertz CT molecular complexity index is 1140. The first-order chi connectivity index (χ1) is 15.0. The molecule has 1 fully saturated rings. The number of anilines is 3. The van der Waals surface area contributed by atoms with Crippen molar-refractivity contribution in [3.63, 3.8) is 0 Å². The molecule has 0 unspecified atom stereocenters. The minimum absolute atomic E-state index is 0.102. The fourth-order valence-corrected chi connectivity index (χ4v) is 4.42. The van der Waals surface area contributed by atoms with Crippen molar-refractivity contribution in [2.45, 2.75) is 30.7 Å². The van der Waals surface area contributed by atoms with E-state index < -0.39 is 10.9 Å². The van der Waals surface area contributed by atoms with Gasteiger partial charge in [0.05, 0.1) is 33.9 Å². The van der Waals surface area contributed by atoms with Gasteiger partial charge < -0.3 is 15.7 Å². The average molecular weight is 461 g/mol. The summed E-state index contributed by atoms with van der Waals surface area (Å²) in [4.78, 5) is 34.7. The van der Waals surface area contributed by atoms with Crippen LogP contribution in [0, 0.1) is 0 Å². The number of halogens is 1. The summed E-state index contributed by atoms with van der Waals surface area (Å²) in [5.74, 6) is -0.122. The molecule has 0 aliphatic carbocycles. The first-order valence-electron chi connectivity index (χ1n) is 9.87. The standard InChI is InChI=1S/C21H21ClN4O4S/c1-2-13(14-6-3-4-9-23-14)24-16-17(20(29)19(16)28)25-15-8-7-12(22)21(18(15)27)31-26-10-5-11-30-26/h3-4,6-9,13,24-25,27H,2,5,10-11H2,1H3/t13-/m1/s1. The Morgan fingerprint density at radius 3 is 2.74 bits per heavy atom. The van der Waals surface area contributed by atoms with Crippen molar-refractivity contribution in [2.75, 3.05) is 23.8 Å². The lowest BCUT2D eigenvalue weighted by Crippen LogP contribution is -2.37. The fraction of sp³-hybridized carbons (Fsp3) is 0.286. The lowest BCUT2D eigenvalue weighted by atomic mass is 10.1. The highest BCUT2D eigenvalue weighted by Gasteiger charge is 2.26. The maximum Gasteiger partial charge on any atom is 0.253 e. The number of rotatable bonds is 8. The molecule has 0 spiro atoms. The largest absolute Gasteiger partial charge is 0.505 e. The van der Waals surface area contributed by atoms with Gasteiger partial charge in [-0.2, -0.15) is 0 Å². The van der Waals surface area contributed by atoms with Gasteiger partial charge in [-0.25, -0.2) is 0 Å². The molecule has 1 aliphatic heterocycles. The average Bonchev–Trinajstić information content (AvgIpc) is 3.31. The van der Waals surface area contributed by atoms with E-state index in [1.165, 1.54) is 11.9 Å². The number of hydroxylamine groups is 1. The smallest absolute Gasteiger partial charge is 0.253 e. The quantitative estimate of drug-likeness (QED) is 0.261. The van der Waals surface area contributed by atoms with Crippen molar-refractivity contribution in [2.24, 2.45) is 0 Å². The molecule has 8 nitrogen and oxygen atoms in total. The molecule has 2 heterocycles. The molecule has 4 rings (SSSR count). The minimum Gasteiger partial charge on any atom is -0.505 e. The number of phenols is 1. The molecular formula is C21H21ClN4O4S. The van der Waals surface area contributed by atoms with Gasteiger partial charge in [-0.3, -0.25) is 19.4 Å². The zero-order valence-electron chi connectivity index (χ0n) is 16.7. The van der Waals surface area contributed by atoms with E-state index in [4.69, 9.17) is 16.4 Å². The number of aromatic hydroxyl groups is 1. The van der Waals surface area contributed by atoms with E-state index >= 15 is 0 Å². The van der Waals surface area contributed by atoms with Gasteiger partial charge in [0.1, 0.15) is 11.4 Å². The lowest BCUT2D eigenvalue weighted by Gasteiger charge is -2.22. The molecule has 3 N–H and O–H groups in total. The second kappa shape index (κ2) is 9.27. The Morgan fingerprint density at radius 2 is 2.06 bits per heavy atom. The summed E-state index contributed by atoms with van der Waals surface area (Å²) in [7, 11) is 0. The van der Waals surface area contributed by atoms with E-state index in [2.05, 4.69) is 15.6 Å². The maximum absolute atomic E-state index is 12.3. The summed E-state index contributed by atoms with van der Waals surface area (Å²) >= 11 is 7.44. The van der Waals surface area contributed by atoms with Gasteiger partial charge in [-0.05, 0) is 49.1 Å². The minimum atomic E-state index is -0.648. The van der Waals surface area contributed by atoms with Crippen molar-refractivity contribution in [3.8, 4) is 5.75 Å². The molecule has 0 amide bonds. The van der Waals surface area contributed by atoms with Crippen LogP contribution in [0.1, 0.15) is 31.5 Å². The number of benzene rings is 1. The van der Waals surface area contributed by atoms with Gasteiger partial charge in [0.15, 0.2) is 5.75 Å². The van der Waals surface area contributed by atoms with Crippen molar-refractivity contribution in [1.82, 2.24) is 9.45 Å². The maximum atomic E-state index is 12.3. The van der Waals surface area contributed by atoms with Gasteiger partial charge in [0.25, 0.3) is 10.9 Å². The molecule has 1 atom stereocenters. The third-order valence-corrected chi connectivity index (χ3v) is 6.45. The number of pyridine rings is 1. The van der Waals surface area contributed by atoms with Crippen molar-refractivity contribution >= 4 is 40.6 Å². The summed E-state index contributed by atoms with van der Waals surface area (Å²) in [5, 5.41) is 17.1. The third-order valence-electron chi connectivity index (χ3n) is 4.94. The molecule has 2 aromatic carbocycles. The van der Waals surface area contributed by atoms with Crippen molar-refractivity contribution in [3.05, 3.63) is 67.7 Å². The third kappa shape index (κ3) is 4.40. The Kier molecular flexibility index (Phi) is 6.47. The fourth-order valence-electron chi connectivity index (χ4n) is 3.26. The highest BCUT2D eigenvalue weighted by Crippen LogP contribution is 2.43. The number of hydrogen-bond acceptors (Lipinski definition) is 9. The van der Waals surface area contributed by atoms with Crippen LogP contribution in [-0.2, 0) is 4.84 Å².